The van der Waals surface area contributed by atoms with Crippen LogP contribution in [0.25, 0.3) is 0 Å². The highest BCUT2D eigenvalue weighted by molar-refractivity contribution is 6.79. The first-order chi connectivity index (χ1) is 4.74. The Bertz CT molecular complexity index is 71.1. The third-order valence-electron chi connectivity index (χ3n) is 2.62. The minimum Gasteiger partial charge on any atom is -0.400 e. The van der Waals surface area contributed by atoms with Crippen LogP contribution in [0.3, 0.4) is 0 Å². The lowest BCUT2D eigenvalue weighted by atomic mass is 10.6. The lowest BCUT2D eigenvalue weighted by Gasteiger charge is -2.25. The van der Waals surface area contributed by atoms with Crippen LogP contribution in [-0.4, -0.2) is 19.4 Å². The molecule has 0 bridgehead atoms. The molecule has 0 amide bonds. The molecular formula is C8H20OSi. The third-order valence-corrected chi connectivity index (χ3v) is 7.85. The largest absolute Gasteiger partial charge is 0.400 e. The van der Waals surface area contributed by atoms with Gasteiger partial charge in [0.05, 0.1) is 8.07 Å². The van der Waals surface area contributed by atoms with Crippen LogP contribution < -0.4 is 0 Å². The van der Waals surface area contributed by atoms with Crippen molar-refractivity contribution in [3.63, 3.8) is 0 Å². The van der Waals surface area contributed by atoms with Crippen LogP contribution >= 0.6 is 0 Å². The van der Waals surface area contributed by atoms with E-state index in [0.717, 1.165) is 0 Å². The first kappa shape index (κ1) is 10.2. The fourth-order valence-electron chi connectivity index (χ4n) is 1.44. The zero-order valence-electron chi connectivity index (χ0n) is 7.48. The van der Waals surface area contributed by atoms with Gasteiger partial charge in [-0.15, -0.1) is 0 Å². The van der Waals surface area contributed by atoms with Gasteiger partial charge >= 0.3 is 0 Å². The van der Waals surface area contributed by atoms with Gasteiger partial charge in [-0.05, 0) is 0 Å². The minimum atomic E-state index is -1.16. The van der Waals surface area contributed by atoms with Gasteiger partial charge in [0.15, 0.2) is 0 Å². The predicted molar refractivity (Wildman–Crippen MR) is 48.9 cm³/mol. The second-order valence-corrected chi connectivity index (χ2v) is 8.35. The maximum atomic E-state index is 9.17. The van der Waals surface area contributed by atoms with Gasteiger partial charge in [0.2, 0.25) is 0 Å². The Morgan fingerprint density at radius 3 is 1.70 bits per heavy atom. The number of hydrogen-bond donors (Lipinski definition) is 1. The zero-order valence-corrected chi connectivity index (χ0v) is 8.48. The molecule has 0 saturated carbocycles. The summed E-state index contributed by atoms with van der Waals surface area (Å²) < 4.78 is 0. The molecule has 0 aromatic rings. The molecular weight excluding hydrogens is 140 g/mol. The average Bonchev–Trinajstić information content (AvgIpc) is 2.01. The van der Waals surface area contributed by atoms with E-state index in [4.69, 9.17) is 5.11 Å². The van der Waals surface area contributed by atoms with E-state index in [9.17, 15) is 0 Å². The Labute approximate surface area is 65.5 Å². The summed E-state index contributed by atoms with van der Waals surface area (Å²) in [6.07, 6.45) is 1.74. The Morgan fingerprint density at radius 1 is 1.10 bits per heavy atom. The lowest BCUT2D eigenvalue weighted by Crippen LogP contribution is -2.37. The summed E-state index contributed by atoms with van der Waals surface area (Å²) in [6, 6.07) is 3.79. The monoisotopic (exact) mass is 160 g/mol. The minimum absolute atomic E-state index is 0.494. The van der Waals surface area contributed by atoms with E-state index in [2.05, 4.69) is 20.8 Å². The summed E-state index contributed by atoms with van der Waals surface area (Å²) >= 11 is 0. The van der Waals surface area contributed by atoms with Crippen molar-refractivity contribution in [3.8, 4) is 0 Å². The van der Waals surface area contributed by atoms with E-state index in [1.165, 1.54) is 24.6 Å². The van der Waals surface area contributed by atoms with E-state index in [-0.39, 0.29) is 0 Å². The molecule has 0 heterocycles. The predicted octanol–water partition coefficient (Wildman–Crippen LogP) is 2.42. The van der Waals surface area contributed by atoms with E-state index in [1.54, 1.807) is 0 Å². The molecule has 0 aliphatic heterocycles. The van der Waals surface area contributed by atoms with Crippen LogP contribution in [-0.2, 0) is 0 Å². The summed E-state index contributed by atoms with van der Waals surface area (Å²) in [5.74, 6) is 0. The number of hydrogen-bond acceptors (Lipinski definition) is 1. The van der Waals surface area contributed by atoms with Crippen molar-refractivity contribution in [1.82, 2.24) is 0 Å². The third kappa shape index (κ3) is 2.43. The Balaban J connectivity index is 3.87. The van der Waals surface area contributed by atoms with Gasteiger partial charge < -0.3 is 5.11 Å². The van der Waals surface area contributed by atoms with Crippen molar-refractivity contribution in [2.75, 3.05) is 6.23 Å². The standard InChI is InChI=1S/C8H20OSi/c1-4-7-10(5-2,6-3)8-9/h9H,4-8H2,1-3H3. The molecule has 0 rings (SSSR count). The first-order valence-corrected chi connectivity index (χ1v) is 7.18. The van der Waals surface area contributed by atoms with E-state index in [0.29, 0.717) is 6.23 Å². The fraction of sp³-hybridized carbons (Fsp3) is 1.00. The van der Waals surface area contributed by atoms with Gasteiger partial charge in [-0.25, -0.2) is 0 Å². The number of rotatable bonds is 5. The van der Waals surface area contributed by atoms with Gasteiger partial charge in [-0.2, -0.15) is 0 Å². The van der Waals surface area contributed by atoms with Crippen molar-refractivity contribution >= 4 is 8.07 Å². The zero-order chi connectivity index (χ0) is 8.04. The Kier molecular flexibility index (Phi) is 5.00. The molecule has 2 heteroatoms. The van der Waals surface area contributed by atoms with Crippen molar-refractivity contribution in [3.05, 3.63) is 0 Å². The fourth-order valence-corrected chi connectivity index (χ4v) is 4.31. The molecule has 10 heavy (non-hydrogen) atoms. The van der Waals surface area contributed by atoms with Crippen LogP contribution in [0.2, 0.25) is 18.1 Å². The molecule has 62 valence electrons. The van der Waals surface area contributed by atoms with Crippen molar-refractivity contribution < 1.29 is 5.11 Å². The Morgan fingerprint density at radius 2 is 1.60 bits per heavy atom. The lowest BCUT2D eigenvalue weighted by molar-refractivity contribution is 0.355. The normalized spacial score (nSPS) is 12.0. The Hall–Kier alpha value is 0.177. The summed E-state index contributed by atoms with van der Waals surface area (Å²) in [7, 11) is -1.16. The molecule has 1 N–H and O–H groups in total. The van der Waals surface area contributed by atoms with Crippen molar-refractivity contribution in [2.24, 2.45) is 0 Å². The molecule has 0 aromatic carbocycles. The molecule has 0 spiro atoms. The number of aliphatic hydroxyl groups is 1. The topological polar surface area (TPSA) is 20.2 Å². The summed E-state index contributed by atoms with van der Waals surface area (Å²) in [5, 5.41) is 9.17. The molecule has 0 aromatic heterocycles. The highest BCUT2D eigenvalue weighted by Gasteiger charge is 2.26. The SMILES string of the molecule is CCC[Si](CC)(CC)CO. The summed E-state index contributed by atoms with van der Waals surface area (Å²) in [6.45, 7) is 6.66. The average molecular weight is 160 g/mol. The number of aliphatic hydroxyl groups excluding tert-OH is 1. The van der Waals surface area contributed by atoms with Crippen LogP contribution in [0.1, 0.15) is 27.2 Å². The highest BCUT2D eigenvalue weighted by Crippen LogP contribution is 2.20. The maximum Gasteiger partial charge on any atom is 0.0828 e. The molecule has 0 fully saturated rings. The molecule has 0 saturated heterocycles. The van der Waals surface area contributed by atoms with Crippen molar-refractivity contribution in [2.45, 2.75) is 45.3 Å². The quantitative estimate of drug-likeness (QED) is 0.612. The summed E-state index contributed by atoms with van der Waals surface area (Å²) in [5.41, 5.74) is 0. The van der Waals surface area contributed by atoms with Crippen LogP contribution in [0.15, 0.2) is 0 Å². The molecule has 0 aliphatic carbocycles. The molecule has 1 nitrogen and oxygen atoms in total. The van der Waals surface area contributed by atoms with Crippen LogP contribution in [0.5, 0.6) is 0 Å². The van der Waals surface area contributed by atoms with E-state index < -0.39 is 8.07 Å². The second-order valence-electron chi connectivity index (χ2n) is 3.12. The van der Waals surface area contributed by atoms with Crippen LogP contribution in [0, 0.1) is 0 Å². The second kappa shape index (κ2) is 4.91. The van der Waals surface area contributed by atoms with E-state index in [1.807, 2.05) is 0 Å². The van der Waals surface area contributed by atoms with Gasteiger partial charge in [0.1, 0.15) is 0 Å². The molecule has 0 unspecified atom stereocenters. The molecule has 0 aliphatic rings. The first-order valence-electron chi connectivity index (χ1n) is 4.35. The van der Waals surface area contributed by atoms with Gasteiger partial charge in [-0.3, -0.25) is 0 Å². The highest BCUT2D eigenvalue weighted by atomic mass is 28.3. The van der Waals surface area contributed by atoms with Gasteiger partial charge in [-0.1, -0.05) is 45.3 Å². The van der Waals surface area contributed by atoms with Gasteiger partial charge in [0, 0.05) is 6.23 Å². The van der Waals surface area contributed by atoms with Gasteiger partial charge in [0.25, 0.3) is 0 Å². The molecule has 0 radical (unpaired) electrons. The van der Waals surface area contributed by atoms with Crippen LogP contribution in [0.4, 0.5) is 0 Å². The van der Waals surface area contributed by atoms with Crippen molar-refractivity contribution in [1.29, 1.82) is 0 Å². The maximum absolute atomic E-state index is 9.17. The summed E-state index contributed by atoms with van der Waals surface area (Å²) in [4.78, 5) is 0. The smallest absolute Gasteiger partial charge is 0.0828 e. The van der Waals surface area contributed by atoms with E-state index >= 15 is 0 Å². The molecule has 0 atom stereocenters.